The molecule has 2 nitrogen and oxygen atoms in total. The molecule has 100 valence electrons. The largest absolute Gasteiger partial charge is 0.381 e. The van der Waals surface area contributed by atoms with E-state index in [1.54, 1.807) is 6.07 Å². The van der Waals surface area contributed by atoms with Crippen LogP contribution in [0.3, 0.4) is 0 Å². The molecule has 0 radical (unpaired) electrons. The molecule has 2 unspecified atom stereocenters. The van der Waals surface area contributed by atoms with Gasteiger partial charge in [0, 0.05) is 18.6 Å². The van der Waals surface area contributed by atoms with Crippen molar-refractivity contribution >= 4 is 0 Å². The highest BCUT2D eigenvalue weighted by molar-refractivity contribution is 5.19. The number of likely N-dealkylation sites (N-methyl/N-ethyl adjacent to an activating group) is 1. The molecule has 0 bridgehead atoms. The van der Waals surface area contributed by atoms with Crippen molar-refractivity contribution in [1.82, 2.24) is 5.32 Å². The lowest BCUT2D eigenvalue weighted by molar-refractivity contribution is 0.176. The predicted molar refractivity (Wildman–Crippen MR) is 66.5 cm³/mol. The number of ether oxygens (including phenoxy) is 1. The number of nitrogens with one attached hydrogen (secondary N) is 1. The molecule has 1 aliphatic heterocycles. The van der Waals surface area contributed by atoms with Crippen molar-refractivity contribution in [2.24, 2.45) is 5.92 Å². The van der Waals surface area contributed by atoms with E-state index >= 15 is 0 Å². The first-order chi connectivity index (χ1) is 8.70. The van der Waals surface area contributed by atoms with Gasteiger partial charge in [-0.2, -0.15) is 0 Å². The molecular formula is C14H19F2NO. The number of rotatable bonds is 5. The SMILES string of the molecule is CCNC(Cc1ccc(F)c(F)c1)C1CCOC1. The minimum Gasteiger partial charge on any atom is -0.381 e. The van der Waals surface area contributed by atoms with Crippen molar-refractivity contribution in [3.05, 3.63) is 35.4 Å². The molecule has 1 N–H and O–H groups in total. The van der Waals surface area contributed by atoms with Gasteiger partial charge in [-0.15, -0.1) is 0 Å². The minimum absolute atomic E-state index is 0.266. The molecule has 0 amide bonds. The van der Waals surface area contributed by atoms with Gasteiger partial charge in [0.1, 0.15) is 0 Å². The van der Waals surface area contributed by atoms with Crippen LogP contribution in [0.2, 0.25) is 0 Å². The van der Waals surface area contributed by atoms with E-state index in [2.05, 4.69) is 5.32 Å². The zero-order chi connectivity index (χ0) is 13.0. The predicted octanol–water partition coefficient (Wildman–Crippen LogP) is 2.52. The van der Waals surface area contributed by atoms with E-state index in [0.29, 0.717) is 12.3 Å². The second-order valence-corrected chi connectivity index (χ2v) is 4.74. The molecule has 1 saturated heterocycles. The van der Waals surface area contributed by atoms with Gasteiger partial charge in [0.25, 0.3) is 0 Å². The van der Waals surface area contributed by atoms with Crippen LogP contribution in [-0.2, 0) is 11.2 Å². The Morgan fingerprint density at radius 1 is 1.39 bits per heavy atom. The fourth-order valence-corrected chi connectivity index (χ4v) is 2.46. The summed E-state index contributed by atoms with van der Waals surface area (Å²) in [5, 5.41) is 3.41. The zero-order valence-electron chi connectivity index (χ0n) is 10.6. The Kier molecular flexibility index (Phi) is 4.66. The normalized spacial score (nSPS) is 21.2. The van der Waals surface area contributed by atoms with Crippen molar-refractivity contribution in [1.29, 1.82) is 0 Å². The number of hydrogen-bond donors (Lipinski definition) is 1. The topological polar surface area (TPSA) is 21.3 Å². The van der Waals surface area contributed by atoms with Crippen LogP contribution in [0, 0.1) is 17.6 Å². The Labute approximate surface area is 106 Å². The highest BCUT2D eigenvalue weighted by Crippen LogP contribution is 2.20. The van der Waals surface area contributed by atoms with Crippen LogP contribution in [-0.4, -0.2) is 25.8 Å². The molecule has 18 heavy (non-hydrogen) atoms. The molecule has 4 heteroatoms. The third-order valence-corrected chi connectivity index (χ3v) is 3.44. The summed E-state index contributed by atoms with van der Waals surface area (Å²) in [6.45, 7) is 4.46. The average Bonchev–Trinajstić information content (AvgIpc) is 2.87. The number of benzene rings is 1. The second kappa shape index (κ2) is 6.25. The van der Waals surface area contributed by atoms with E-state index in [0.717, 1.165) is 31.7 Å². The van der Waals surface area contributed by atoms with Gasteiger partial charge in [0.2, 0.25) is 0 Å². The highest BCUT2D eigenvalue weighted by Gasteiger charge is 2.25. The van der Waals surface area contributed by atoms with E-state index < -0.39 is 11.6 Å². The summed E-state index contributed by atoms with van der Waals surface area (Å²) in [7, 11) is 0. The molecule has 0 aliphatic carbocycles. The monoisotopic (exact) mass is 255 g/mol. The Bertz CT molecular complexity index is 391. The summed E-state index contributed by atoms with van der Waals surface area (Å²) in [6, 6.07) is 4.40. The van der Waals surface area contributed by atoms with Gasteiger partial charge in [-0.3, -0.25) is 0 Å². The standard InChI is InChI=1S/C14H19F2NO/c1-2-17-14(11-5-6-18-9-11)8-10-3-4-12(15)13(16)7-10/h3-4,7,11,14,17H,2,5-6,8-9H2,1H3. The summed E-state index contributed by atoms with van der Waals surface area (Å²) in [5.41, 5.74) is 0.826. The lowest BCUT2D eigenvalue weighted by Gasteiger charge is -2.23. The van der Waals surface area contributed by atoms with Gasteiger partial charge < -0.3 is 10.1 Å². The average molecular weight is 255 g/mol. The molecule has 1 heterocycles. The van der Waals surface area contributed by atoms with Crippen molar-refractivity contribution in [2.75, 3.05) is 19.8 Å². The maximum atomic E-state index is 13.2. The maximum absolute atomic E-state index is 13.2. The van der Waals surface area contributed by atoms with Crippen LogP contribution < -0.4 is 5.32 Å². The molecule has 1 aromatic rings. The van der Waals surface area contributed by atoms with E-state index in [9.17, 15) is 8.78 Å². The summed E-state index contributed by atoms with van der Waals surface area (Å²) in [4.78, 5) is 0. The van der Waals surface area contributed by atoms with Crippen LogP contribution in [0.25, 0.3) is 0 Å². The fourth-order valence-electron chi connectivity index (χ4n) is 2.46. The summed E-state index contributed by atoms with van der Waals surface area (Å²) >= 11 is 0. The Hall–Kier alpha value is -1.00. The number of hydrogen-bond acceptors (Lipinski definition) is 2. The van der Waals surface area contributed by atoms with Crippen molar-refractivity contribution in [3.8, 4) is 0 Å². The molecule has 2 rings (SSSR count). The van der Waals surface area contributed by atoms with Crippen LogP contribution >= 0.6 is 0 Å². The van der Waals surface area contributed by atoms with Crippen molar-refractivity contribution < 1.29 is 13.5 Å². The number of halogens is 2. The minimum atomic E-state index is -0.789. The lowest BCUT2D eigenvalue weighted by Crippen LogP contribution is -2.38. The molecule has 1 aromatic carbocycles. The van der Waals surface area contributed by atoms with E-state index in [1.165, 1.54) is 12.1 Å². The van der Waals surface area contributed by atoms with E-state index in [1.807, 2.05) is 6.92 Å². The third kappa shape index (κ3) is 3.27. The fraction of sp³-hybridized carbons (Fsp3) is 0.571. The summed E-state index contributed by atoms with van der Waals surface area (Å²) in [6.07, 6.45) is 1.74. The van der Waals surface area contributed by atoms with Crippen LogP contribution in [0.1, 0.15) is 18.9 Å². The lowest BCUT2D eigenvalue weighted by atomic mass is 9.93. The maximum Gasteiger partial charge on any atom is 0.159 e. The molecule has 0 saturated carbocycles. The smallest absolute Gasteiger partial charge is 0.159 e. The first kappa shape index (κ1) is 13.4. The van der Waals surface area contributed by atoms with E-state index in [4.69, 9.17) is 4.74 Å². The van der Waals surface area contributed by atoms with E-state index in [-0.39, 0.29) is 6.04 Å². The molecule has 0 spiro atoms. The van der Waals surface area contributed by atoms with Gasteiger partial charge in [0.15, 0.2) is 11.6 Å². The highest BCUT2D eigenvalue weighted by atomic mass is 19.2. The molecular weight excluding hydrogens is 236 g/mol. The summed E-state index contributed by atoms with van der Waals surface area (Å²) in [5.74, 6) is -1.11. The quantitative estimate of drug-likeness (QED) is 0.873. The second-order valence-electron chi connectivity index (χ2n) is 4.74. The van der Waals surface area contributed by atoms with Gasteiger partial charge in [-0.1, -0.05) is 13.0 Å². The Balaban J connectivity index is 2.04. The van der Waals surface area contributed by atoms with Gasteiger partial charge in [-0.25, -0.2) is 8.78 Å². The van der Waals surface area contributed by atoms with Crippen LogP contribution in [0.15, 0.2) is 18.2 Å². The van der Waals surface area contributed by atoms with Crippen molar-refractivity contribution in [2.45, 2.75) is 25.8 Å². The molecule has 0 aromatic heterocycles. The first-order valence-corrected chi connectivity index (χ1v) is 6.45. The van der Waals surface area contributed by atoms with Crippen LogP contribution in [0.4, 0.5) is 8.78 Å². The summed E-state index contributed by atoms with van der Waals surface area (Å²) < 4.78 is 31.4. The Morgan fingerprint density at radius 3 is 2.83 bits per heavy atom. The molecule has 2 atom stereocenters. The van der Waals surface area contributed by atoms with Crippen LogP contribution in [0.5, 0.6) is 0 Å². The van der Waals surface area contributed by atoms with Gasteiger partial charge >= 0.3 is 0 Å². The van der Waals surface area contributed by atoms with Gasteiger partial charge in [0.05, 0.1) is 6.61 Å². The zero-order valence-corrected chi connectivity index (χ0v) is 10.6. The van der Waals surface area contributed by atoms with Crippen molar-refractivity contribution in [3.63, 3.8) is 0 Å². The Morgan fingerprint density at radius 2 is 2.22 bits per heavy atom. The molecule has 1 fully saturated rings. The molecule has 1 aliphatic rings. The van der Waals surface area contributed by atoms with Gasteiger partial charge in [-0.05, 0) is 37.1 Å². The third-order valence-electron chi connectivity index (χ3n) is 3.44. The first-order valence-electron chi connectivity index (χ1n) is 6.45.